The number of halogens is 1. The van der Waals surface area contributed by atoms with Gasteiger partial charge in [0.05, 0.1) is 39.2 Å². The first kappa shape index (κ1) is 19.5. The van der Waals surface area contributed by atoms with Crippen LogP contribution in [0.4, 0.5) is 15.8 Å². The van der Waals surface area contributed by atoms with Crippen molar-refractivity contribution in [2.75, 3.05) is 31.6 Å². The van der Waals surface area contributed by atoms with E-state index in [-0.39, 0.29) is 11.4 Å². The molecule has 5 heterocycles. The number of pyridine rings is 1. The third-order valence-electron chi connectivity index (χ3n) is 6.87. The molecule has 2 aliphatic heterocycles. The summed E-state index contributed by atoms with van der Waals surface area (Å²) in [6, 6.07) is 7.51. The number of aromatic nitrogens is 2. The van der Waals surface area contributed by atoms with Crippen LogP contribution in [0.2, 0.25) is 0 Å². The molecule has 1 aromatic carbocycles. The lowest BCUT2D eigenvalue weighted by Gasteiger charge is -2.37. The van der Waals surface area contributed by atoms with Crippen LogP contribution in [0.1, 0.15) is 30.6 Å². The Morgan fingerprint density at radius 3 is 3.06 bits per heavy atom. The highest BCUT2D eigenvalue weighted by Crippen LogP contribution is 2.50. The lowest BCUT2D eigenvalue weighted by Crippen LogP contribution is -2.47. The Bertz CT molecular complexity index is 1260. The van der Waals surface area contributed by atoms with Crippen LogP contribution in [0.25, 0.3) is 20.4 Å². The van der Waals surface area contributed by atoms with Crippen LogP contribution in [0.5, 0.6) is 0 Å². The van der Waals surface area contributed by atoms with Crippen molar-refractivity contribution in [1.82, 2.24) is 14.9 Å². The number of rotatable bonds is 4. The summed E-state index contributed by atoms with van der Waals surface area (Å²) in [4.78, 5) is 13.9. The molecule has 0 amide bonds. The van der Waals surface area contributed by atoms with Gasteiger partial charge in [-0.05, 0) is 50.2 Å². The van der Waals surface area contributed by atoms with Gasteiger partial charge in [0, 0.05) is 29.0 Å². The summed E-state index contributed by atoms with van der Waals surface area (Å²) in [5.41, 5.74) is 3.97. The third-order valence-corrected chi connectivity index (χ3v) is 8.82. The highest BCUT2D eigenvalue weighted by molar-refractivity contribution is 7.18. The van der Waals surface area contributed by atoms with Crippen LogP contribution in [0, 0.1) is 5.82 Å². The van der Waals surface area contributed by atoms with Gasteiger partial charge in [-0.3, -0.25) is 4.90 Å². The summed E-state index contributed by atoms with van der Waals surface area (Å²) in [7, 11) is 0. The minimum Gasteiger partial charge on any atom is -0.379 e. The van der Waals surface area contributed by atoms with Gasteiger partial charge >= 0.3 is 0 Å². The Hall–Kier alpha value is -2.13. The molecule has 0 radical (unpaired) electrons. The van der Waals surface area contributed by atoms with Gasteiger partial charge in [0.15, 0.2) is 0 Å². The number of anilines is 2. The van der Waals surface area contributed by atoms with Gasteiger partial charge in [-0.1, -0.05) is 6.92 Å². The Labute approximate surface area is 187 Å². The Morgan fingerprint density at radius 2 is 2.23 bits per heavy atom. The fraction of sp³-hybridized carbons (Fsp3) is 0.391. The van der Waals surface area contributed by atoms with E-state index >= 15 is 0 Å². The first-order valence-electron chi connectivity index (χ1n) is 10.7. The SMILES string of the molecule is CCN1CC[C@H](c2cc3c(Nc4cc5ncsc5cc4F)ccnc3s2)[C@]12CCOC2. The number of thiophene rings is 1. The van der Waals surface area contributed by atoms with Crippen molar-refractivity contribution < 1.29 is 9.13 Å². The Kier molecular flexibility index (Phi) is 4.72. The molecule has 2 atom stereocenters. The normalized spacial score (nSPS) is 24.1. The second-order valence-corrected chi connectivity index (χ2v) is 10.3. The number of likely N-dealkylation sites (tertiary alicyclic amines) is 1. The average molecular weight is 455 g/mol. The topological polar surface area (TPSA) is 50.3 Å². The maximum Gasteiger partial charge on any atom is 0.148 e. The van der Waals surface area contributed by atoms with Gasteiger partial charge in [0.1, 0.15) is 10.6 Å². The molecule has 5 nitrogen and oxygen atoms in total. The maximum absolute atomic E-state index is 14.7. The standard InChI is InChI=1S/C23H23FN4OS2/c1-2-28-7-4-15(23(28)5-8-29-12-23)20-9-14-17(3-6-25-22(14)31-20)27-18-11-19-21(10-16(18)24)30-13-26-19/h3,6,9-11,13,15H,2,4-5,7-8,12H2,1H3,(H,25,27)/t15-,23-/m1/s1. The van der Waals surface area contributed by atoms with E-state index < -0.39 is 0 Å². The number of nitrogens with zero attached hydrogens (tertiary/aromatic N) is 3. The van der Waals surface area contributed by atoms with Gasteiger partial charge in [0.25, 0.3) is 0 Å². The minimum atomic E-state index is -0.270. The quantitative estimate of drug-likeness (QED) is 0.425. The van der Waals surface area contributed by atoms with E-state index in [1.807, 2.05) is 6.07 Å². The van der Waals surface area contributed by atoms with Gasteiger partial charge in [-0.25, -0.2) is 14.4 Å². The van der Waals surface area contributed by atoms with Crippen molar-refractivity contribution in [3.8, 4) is 0 Å². The van der Waals surface area contributed by atoms with Crippen molar-refractivity contribution in [2.24, 2.45) is 0 Å². The minimum absolute atomic E-state index is 0.102. The number of thiazole rings is 1. The van der Waals surface area contributed by atoms with Crippen molar-refractivity contribution in [3.63, 3.8) is 0 Å². The molecule has 2 fully saturated rings. The first-order chi connectivity index (χ1) is 15.2. The summed E-state index contributed by atoms with van der Waals surface area (Å²) in [5, 5.41) is 4.35. The molecule has 0 bridgehead atoms. The average Bonchev–Trinajstić information content (AvgIpc) is 3.55. The molecule has 1 N–H and O–H groups in total. The number of hydrogen-bond donors (Lipinski definition) is 1. The van der Waals surface area contributed by atoms with Gasteiger partial charge in [0.2, 0.25) is 0 Å². The summed E-state index contributed by atoms with van der Waals surface area (Å²) in [5.74, 6) is 0.179. The predicted molar refractivity (Wildman–Crippen MR) is 125 cm³/mol. The second-order valence-electron chi connectivity index (χ2n) is 8.33. The van der Waals surface area contributed by atoms with Crippen LogP contribution < -0.4 is 5.32 Å². The lowest BCUT2D eigenvalue weighted by atomic mass is 9.82. The second kappa shape index (κ2) is 7.48. The van der Waals surface area contributed by atoms with Crippen LogP contribution in [0.15, 0.2) is 36.0 Å². The molecule has 8 heteroatoms. The van der Waals surface area contributed by atoms with Gasteiger partial charge in [-0.15, -0.1) is 22.7 Å². The number of nitrogens with one attached hydrogen (secondary N) is 1. The van der Waals surface area contributed by atoms with Crippen molar-refractivity contribution in [3.05, 3.63) is 46.7 Å². The van der Waals surface area contributed by atoms with E-state index in [2.05, 4.69) is 33.2 Å². The summed E-state index contributed by atoms with van der Waals surface area (Å²) in [6.07, 6.45) is 4.02. The maximum atomic E-state index is 14.7. The molecule has 6 rings (SSSR count). The zero-order valence-corrected chi connectivity index (χ0v) is 18.9. The van der Waals surface area contributed by atoms with E-state index in [0.29, 0.717) is 11.6 Å². The van der Waals surface area contributed by atoms with E-state index in [0.717, 1.165) is 65.3 Å². The molecule has 2 aliphatic rings. The van der Waals surface area contributed by atoms with Crippen molar-refractivity contribution in [2.45, 2.75) is 31.2 Å². The fourth-order valence-electron chi connectivity index (χ4n) is 5.33. The fourth-order valence-corrected chi connectivity index (χ4v) is 7.29. The van der Waals surface area contributed by atoms with Crippen molar-refractivity contribution in [1.29, 1.82) is 0 Å². The zero-order chi connectivity index (χ0) is 21.0. The van der Waals surface area contributed by atoms with E-state index in [9.17, 15) is 4.39 Å². The van der Waals surface area contributed by atoms with E-state index in [1.54, 1.807) is 35.2 Å². The third kappa shape index (κ3) is 3.08. The number of ether oxygens (including phenoxy) is 1. The zero-order valence-electron chi connectivity index (χ0n) is 17.2. The molecule has 3 aromatic heterocycles. The summed E-state index contributed by atoms with van der Waals surface area (Å²) in [6.45, 7) is 6.04. The van der Waals surface area contributed by atoms with Crippen LogP contribution >= 0.6 is 22.7 Å². The molecule has 1 spiro atoms. The largest absolute Gasteiger partial charge is 0.379 e. The number of hydrogen-bond acceptors (Lipinski definition) is 7. The number of benzene rings is 1. The van der Waals surface area contributed by atoms with Gasteiger partial charge < -0.3 is 10.1 Å². The smallest absolute Gasteiger partial charge is 0.148 e. The summed E-state index contributed by atoms with van der Waals surface area (Å²) < 4.78 is 21.4. The van der Waals surface area contributed by atoms with E-state index in [4.69, 9.17) is 4.74 Å². The molecule has 2 saturated heterocycles. The Morgan fingerprint density at radius 1 is 1.29 bits per heavy atom. The van der Waals surface area contributed by atoms with Crippen LogP contribution in [-0.4, -0.2) is 46.7 Å². The van der Waals surface area contributed by atoms with Crippen LogP contribution in [0.3, 0.4) is 0 Å². The molecule has 0 aliphatic carbocycles. The molecule has 31 heavy (non-hydrogen) atoms. The molecule has 0 unspecified atom stereocenters. The lowest BCUT2D eigenvalue weighted by molar-refractivity contribution is 0.0963. The van der Waals surface area contributed by atoms with E-state index in [1.165, 1.54) is 16.2 Å². The molecular weight excluding hydrogens is 431 g/mol. The molecule has 160 valence electrons. The Balaban J connectivity index is 1.39. The monoisotopic (exact) mass is 454 g/mol. The molecular formula is C23H23FN4OS2. The molecule has 0 saturated carbocycles. The highest BCUT2D eigenvalue weighted by atomic mass is 32.1. The number of likely N-dealkylation sites (N-methyl/N-ethyl adjacent to an activating group) is 1. The summed E-state index contributed by atoms with van der Waals surface area (Å²) >= 11 is 3.21. The first-order valence-corrected chi connectivity index (χ1v) is 12.4. The van der Waals surface area contributed by atoms with Crippen molar-refractivity contribution >= 4 is 54.5 Å². The number of fused-ring (bicyclic) bond motifs is 2. The molecule has 4 aromatic rings. The predicted octanol–water partition coefficient (Wildman–Crippen LogP) is 5.76. The van der Waals surface area contributed by atoms with Crippen LogP contribution in [-0.2, 0) is 4.74 Å². The highest BCUT2D eigenvalue weighted by Gasteiger charge is 2.51. The van der Waals surface area contributed by atoms with Gasteiger partial charge in [-0.2, -0.15) is 0 Å².